The topological polar surface area (TPSA) is 59.2 Å². The van der Waals surface area contributed by atoms with Gasteiger partial charge < -0.3 is 9.42 Å². The number of halogens is 1. The summed E-state index contributed by atoms with van der Waals surface area (Å²) in [5, 5.41) is 6.25. The highest BCUT2D eigenvalue weighted by atomic mass is 32.1. The number of aryl methyl sites for hydroxylation is 1. The number of aromatic nitrogens is 2. The van der Waals surface area contributed by atoms with Crippen LogP contribution in [-0.2, 0) is 6.54 Å². The van der Waals surface area contributed by atoms with Gasteiger partial charge in [0.2, 0.25) is 0 Å². The zero-order chi connectivity index (χ0) is 16.4. The van der Waals surface area contributed by atoms with Crippen LogP contribution in [0.25, 0.3) is 10.6 Å². The molecule has 0 aliphatic rings. The Balaban J connectivity index is 1.74. The van der Waals surface area contributed by atoms with Crippen molar-refractivity contribution in [2.75, 3.05) is 7.05 Å². The van der Waals surface area contributed by atoms with Gasteiger partial charge in [0, 0.05) is 24.1 Å². The third-order valence-electron chi connectivity index (χ3n) is 3.24. The molecule has 0 spiro atoms. The van der Waals surface area contributed by atoms with Crippen molar-refractivity contribution in [1.82, 2.24) is 15.0 Å². The summed E-state index contributed by atoms with van der Waals surface area (Å²) in [6, 6.07) is 7.82. The molecule has 0 N–H and O–H groups in total. The van der Waals surface area contributed by atoms with Gasteiger partial charge in [-0.1, -0.05) is 5.16 Å². The maximum Gasteiger partial charge on any atom is 0.273 e. The molecule has 0 unspecified atom stereocenters. The quantitative estimate of drug-likeness (QED) is 0.734. The zero-order valence-corrected chi connectivity index (χ0v) is 13.4. The summed E-state index contributed by atoms with van der Waals surface area (Å²) in [5.41, 5.74) is 1.83. The first-order valence-electron chi connectivity index (χ1n) is 6.92. The largest absolute Gasteiger partial charge is 0.361 e. The van der Waals surface area contributed by atoms with Crippen LogP contribution in [-0.4, -0.2) is 28.0 Å². The standard InChI is InChI=1S/C16H14FN3O2S/c1-10-7-13(19-22-10)8-20(2)16(21)14-9-23-15(18-14)11-3-5-12(17)6-4-11/h3-7,9H,8H2,1-2H3. The van der Waals surface area contributed by atoms with E-state index in [1.807, 2.05) is 0 Å². The fraction of sp³-hybridized carbons (Fsp3) is 0.188. The molecule has 23 heavy (non-hydrogen) atoms. The first kappa shape index (κ1) is 15.4. The average molecular weight is 331 g/mol. The van der Waals surface area contributed by atoms with E-state index >= 15 is 0 Å². The van der Waals surface area contributed by atoms with Crippen molar-refractivity contribution in [3.63, 3.8) is 0 Å². The Labute approximate surface area is 136 Å². The van der Waals surface area contributed by atoms with E-state index in [0.717, 1.165) is 5.56 Å². The van der Waals surface area contributed by atoms with Crippen molar-refractivity contribution >= 4 is 17.2 Å². The van der Waals surface area contributed by atoms with Gasteiger partial charge >= 0.3 is 0 Å². The average Bonchev–Trinajstić information content (AvgIpc) is 3.16. The lowest BCUT2D eigenvalue weighted by Crippen LogP contribution is -2.26. The molecule has 3 rings (SSSR count). The van der Waals surface area contributed by atoms with Gasteiger partial charge in [0.05, 0.1) is 6.54 Å². The van der Waals surface area contributed by atoms with Crippen LogP contribution in [0.3, 0.4) is 0 Å². The lowest BCUT2D eigenvalue weighted by Gasteiger charge is -2.13. The molecule has 118 valence electrons. The predicted molar refractivity (Wildman–Crippen MR) is 84.5 cm³/mol. The molecule has 0 fully saturated rings. The van der Waals surface area contributed by atoms with Gasteiger partial charge in [-0.3, -0.25) is 4.79 Å². The van der Waals surface area contributed by atoms with Crippen LogP contribution in [0.1, 0.15) is 21.9 Å². The van der Waals surface area contributed by atoms with E-state index in [1.54, 1.807) is 37.6 Å². The molecule has 2 aromatic heterocycles. The number of rotatable bonds is 4. The van der Waals surface area contributed by atoms with Crippen LogP contribution >= 0.6 is 11.3 Å². The molecule has 0 aliphatic carbocycles. The molecule has 0 saturated heterocycles. The summed E-state index contributed by atoms with van der Waals surface area (Å²) in [6.45, 7) is 2.15. The normalized spacial score (nSPS) is 10.7. The van der Waals surface area contributed by atoms with Gasteiger partial charge in [-0.15, -0.1) is 11.3 Å². The lowest BCUT2D eigenvalue weighted by atomic mass is 10.2. The second-order valence-electron chi connectivity index (χ2n) is 5.13. The van der Waals surface area contributed by atoms with Gasteiger partial charge in [0.25, 0.3) is 5.91 Å². The fourth-order valence-electron chi connectivity index (χ4n) is 2.10. The maximum atomic E-state index is 13.0. The Hall–Kier alpha value is -2.54. The van der Waals surface area contributed by atoms with Crippen LogP contribution in [0.5, 0.6) is 0 Å². The van der Waals surface area contributed by atoms with E-state index in [-0.39, 0.29) is 11.7 Å². The fourth-order valence-corrected chi connectivity index (χ4v) is 2.90. The highest BCUT2D eigenvalue weighted by Crippen LogP contribution is 2.24. The summed E-state index contributed by atoms with van der Waals surface area (Å²) in [6.07, 6.45) is 0. The van der Waals surface area contributed by atoms with Crippen LogP contribution < -0.4 is 0 Å². The Morgan fingerprint density at radius 2 is 2.09 bits per heavy atom. The number of hydrogen-bond acceptors (Lipinski definition) is 5. The lowest BCUT2D eigenvalue weighted by molar-refractivity contribution is 0.0777. The van der Waals surface area contributed by atoms with Gasteiger partial charge in [-0.2, -0.15) is 0 Å². The van der Waals surface area contributed by atoms with Gasteiger partial charge in [0.1, 0.15) is 28.0 Å². The summed E-state index contributed by atoms with van der Waals surface area (Å²) in [7, 11) is 1.68. The summed E-state index contributed by atoms with van der Waals surface area (Å²) in [4.78, 5) is 18.3. The molecule has 0 aliphatic heterocycles. The van der Waals surface area contributed by atoms with Gasteiger partial charge in [-0.25, -0.2) is 9.37 Å². The molecule has 0 radical (unpaired) electrons. The molecule has 2 heterocycles. The first-order valence-corrected chi connectivity index (χ1v) is 7.80. The number of benzene rings is 1. The molecule has 7 heteroatoms. The van der Waals surface area contributed by atoms with E-state index in [1.165, 1.54) is 28.4 Å². The second-order valence-corrected chi connectivity index (χ2v) is 5.99. The number of hydrogen-bond donors (Lipinski definition) is 0. The number of amides is 1. The Kier molecular flexibility index (Phi) is 4.20. The minimum atomic E-state index is -0.302. The van der Waals surface area contributed by atoms with Crippen molar-refractivity contribution in [2.45, 2.75) is 13.5 Å². The molecule has 0 saturated carbocycles. The SMILES string of the molecule is Cc1cc(CN(C)C(=O)c2csc(-c3ccc(F)cc3)n2)no1. The maximum absolute atomic E-state index is 13.0. The number of thiazole rings is 1. The van der Waals surface area contributed by atoms with Crippen LogP contribution in [0.2, 0.25) is 0 Å². The number of carbonyl (C=O) groups is 1. The van der Waals surface area contributed by atoms with E-state index < -0.39 is 0 Å². The Bertz CT molecular complexity index is 826. The molecule has 1 amide bonds. The summed E-state index contributed by atoms with van der Waals surface area (Å²) < 4.78 is 17.9. The molecule has 5 nitrogen and oxygen atoms in total. The summed E-state index contributed by atoms with van der Waals surface area (Å²) >= 11 is 1.35. The Morgan fingerprint density at radius 3 is 2.74 bits per heavy atom. The minimum absolute atomic E-state index is 0.199. The molecular formula is C16H14FN3O2S. The van der Waals surface area contributed by atoms with Crippen LogP contribution in [0.4, 0.5) is 4.39 Å². The van der Waals surface area contributed by atoms with E-state index in [2.05, 4.69) is 10.1 Å². The number of carbonyl (C=O) groups excluding carboxylic acids is 1. The van der Waals surface area contributed by atoms with Crippen LogP contribution in [0.15, 0.2) is 40.2 Å². The third kappa shape index (κ3) is 3.45. The van der Waals surface area contributed by atoms with Crippen molar-refractivity contribution < 1.29 is 13.7 Å². The smallest absolute Gasteiger partial charge is 0.273 e. The van der Waals surface area contributed by atoms with E-state index in [4.69, 9.17) is 4.52 Å². The molecule has 3 aromatic rings. The number of nitrogens with zero attached hydrogens (tertiary/aromatic N) is 3. The van der Waals surface area contributed by atoms with Crippen molar-refractivity contribution in [3.8, 4) is 10.6 Å². The zero-order valence-electron chi connectivity index (χ0n) is 12.6. The first-order chi connectivity index (χ1) is 11.0. The Morgan fingerprint density at radius 1 is 1.35 bits per heavy atom. The van der Waals surface area contributed by atoms with Crippen molar-refractivity contribution in [1.29, 1.82) is 0 Å². The molecular weight excluding hydrogens is 317 g/mol. The highest BCUT2D eigenvalue weighted by molar-refractivity contribution is 7.13. The molecule has 0 atom stereocenters. The third-order valence-corrected chi connectivity index (χ3v) is 4.13. The van der Waals surface area contributed by atoms with E-state index in [0.29, 0.717) is 28.7 Å². The van der Waals surface area contributed by atoms with Crippen molar-refractivity contribution in [3.05, 3.63) is 58.7 Å². The second kappa shape index (κ2) is 6.29. The minimum Gasteiger partial charge on any atom is -0.361 e. The molecule has 0 bridgehead atoms. The van der Waals surface area contributed by atoms with Gasteiger partial charge in [-0.05, 0) is 31.2 Å². The monoisotopic (exact) mass is 331 g/mol. The predicted octanol–water partition coefficient (Wildman–Crippen LogP) is 3.52. The van der Waals surface area contributed by atoms with Gasteiger partial charge in [0.15, 0.2) is 0 Å². The van der Waals surface area contributed by atoms with Crippen LogP contribution in [0, 0.1) is 12.7 Å². The molecule has 1 aromatic carbocycles. The summed E-state index contributed by atoms with van der Waals surface area (Å²) in [5.74, 6) is 0.201. The van der Waals surface area contributed by atoms with Crippen molar-refractivity contribution in [2.24, 2.45) is 0 Å². The highest BCUT2D eigenvalue weighted by Gasteiger charge is 2.17. The van der Waals surface area contributed by atoms with E-state index in [9.17, 15) is 9.18 Å².